The second-order valence-corrected chi connectivity index (χ2v) is 10.8. The molecule has 4 saturated carbocycles. The standard InChI is InChI=1S/C31H33NO3/c33-30(31-20-23-17-24(21-31)19-25(18-23)22-31)35-16-15-34-29-13-11-28(12-14-29)32(26-7-3-1-4-8-26)27-9-5-2-6-10-27/h1-14,23-25H,15-22H2/p+1. The van der Waals surface area contributed by atoms with Gasteiger partial charge in [0, 0.05) is 12.1 Å². The molecule has 0 radical (unpaired) electrons. The molecule has 0 spiro atoms. The molecule has 3 aromatic rings. The van der Waals surface area contributed by atoms with Crippen LogP contribution in [0.15, 0.2) is 84.9 Å². The Labute approximate surface area is 207 Å². The Bertz CT molecular complexity index is 1070. The molecule has 0 amide bonds. The molecule has 4 fully saturated rings. The minimum Gasteiger partial charge on any atom is -0.490 e. The maximum absolute atomic E-state index is 13.0. The summed E-state index contributed by atoms with van der Waals surface area (Å²) in [6, 6.07) is 29.1. The summed E-state index contributed by atoms with van der Waals surface area (Å²) in [6.45, 7) is 0.694. The topological polar surface area (TPSA) is 40.0 Å². The first-order chi connectivity index (χ1) is 17.2. The maximum Gasteiger partial charge on any atom is 0.312 e. The fourth-order valence-electron chi connectivity index (χ4n) is 7.24. The Morgan fingerprint density at radius 2 is 1.17 bits per heavy atom. The second-order valence-electron chi connectivity index (χ2n) is 10.8. The predicted molar refractivity (Wildman–Crippen MR) is 136 cm³/mol. The number of esters is 1. The Kier molecular flexibility index (Phi) is 6.07. The molecule has 4 nitrogen and oxygen atoms in total. The van der Waals surface area contributed by atoms with Gasteiger partial charge in [0.1, 0.15) is 36.0 Å². The number of hydrogen-bond donors (Lipinski definition) is 1. The molecule has 4 aliphatic rings. The highest BCUT2D eigenvalue weighted by Crippen LogP contribution is 2.60. The molecule has 180 valence electrons. The summed E-state index contributed by atoms with van der Waals surface area (Å²) in [7, 11) is 0. The molecular formula is C31H34NO3+. The molecule has 0 saturated heterocycles. The number of rotatable bonds is 8. The second kappa shape index (κ2) is 9.50. The highest BCUT2D eigenvalue weighted by atomic mass is 16.6. The number of para-hydroxylation sites is 2. The number of nitrogens with one attached hydrogen (secondary N) is 1. The zero-order chi connectivity index (χ0) is 23.7. The first kappa shape index (κ1) is 22.4. The summed E-state index contributed by atoms with van der Waals surface area (Å²) < 4.78 is 11.7. The van der Waals surface area contributed by atoms with Crippen molar-refractivity contribution >= 4 is 23.0 Å². The van der Waals surface area contributed by atoms with E-state index in [0.29, 0.717) is 13.2 Å². The minimum absolute atomic E-state index is 0.0283. The van der Waals surface area contributed by atoms with Crippen LogP contribution in [0.25, 0.3) is 0 Å². The van der Waals surface area contributed by atoms with Gasteiger partial charge in [-0.25, -0.2) is 4.90 Å². The smallest absolute Gasteiger partial charge is 0.312 e. The van der Waals surface area contributed by atoms with Gasteiger partial charge < -0.3 is 9.47 Å². The number of hydrogen-bond acceptors (Lipinski definition) is 3. The summed E-state index contributed by atoms with van der Waals surface area (Å²) in [6.07, 6.45) is 7.13. The van der Waals surface area contributed by atoms with Gasteiger partial charge in [0.25, 0.3) is 0 Å². The van der Waals surface area contributed by atoms with E-state index in [4.69, 9.17) is 9.47 Å². The third-order valence-corrected chi connectivity index (χ3v) is 8.32. The van der Waals surface area contributed by atoms with Crippen LogP contribution in [0.2, 0.25) is 0 Å². The zero-order valence-corrected chi connectivity index (χ0v) is 20.2. The third kappa shape index (κ3) is 4.60. The lowest BCUT2D eigenvalue weighted by atomic mass is 9.49. The van der Waals surface area contributed by atoms with Gasteiger partial charge in [-0.05, 0) is 92.7 Å². The molecule has 4 aliphatic carbocycles. The van der Waals surface area contributed by atoms with Crippen LogP contribution in [0.5, 0.6) is 5.75 Å². The molecule has 35 heavy (non-hydrogen) atoms. The van der Waals surface area contributed by atoms with Gasteiger partial charge in [0.05, 0.1) is 5.41 Å². The van der Waals surface area contributed by atoms with Crippen molar-refractivity contribution in [2.75, 3.05) is 13.2 Å². The summed E-state index contributed by atoms with van der Waals surface area (Å²) in [5.74, 6) is 3.06. The number of quaternary nitrogens is 1. The Hall–Kier alpha value is -3.11. The average molecular weight is 469 g/mol. The maximum atomic E-state index is 13.0. The molecule has 1 N–H and O–H groups in total. The molecule has 0 aromatic heterocycles. The molecule has 3 aromatic carbocycles. The fourth-order valence-corrected chi connectivity index (χ4v) is 7.24. The first-order valence-corrected chi connectivity index (χ1v) is 13.1. The summed E-state index contributed by atoms with van der Waals surface area (Å²) in [5.41, 5.74) is 3.31. The van der Waals surface area contributed by atoms with E-state index in [1.165, 1.54) is 35.5 Å². The van der Waals surface area contributed by atoms with Crippen molar-refractivity contribution in [1.29, 1.82) is 0 Å². The van der Waals surface area contributed by atoms with Crippen LogP contribution >= 0.6 is 0 Å². The highest BCUT2D eigenvalue weighted by molar-refractivity contribution is 5.77. The van der Waals surface area contributed by atoms with Crippen LogP contribution in [-0.2, 0) is 9.53 Å². The van der Waals surface area contributed by atoms with Crippen LogP contribution in [0.3, 0.4) is 0 Å². The minimum atomic E-state index is -0.197. The molecular weight excluding hydrogens is 434 g/mol. The molecule has 4 bridgehead atoms. The van der Waals surface area contributed by atoms with Gasteiger partial charge in [0.15, 0.2) is 0 Å². The van der Waals surface area contributed by atoms with Crippen molar-refractivity contribution in [3.05, 3.63) is 84.9 Å². The van der Waals surface area contributed by atoms with Crippen LogP contribution < -0.4 is 9.64 Å². The van der Waals surface area contributed by atoms with E-state index in [0.717, 1.165) is 48.5 Å². The lowest BCUT2D eigenvalue weighted by Crippen LogP contribution is -2.96. The molecule has 0 atom stereocenters. The quantitative estimate of drug-likeness (QED) is 0.325. The van der Waals surface area contributed by atoms with Crippen LogP contribution in [0.4, 0.5) is 17.1 Å². The molecule has 4 heteroatoms. The van der Waals surface area contributed by atoms with Crippen LogP contribution in [0, 0.1) is 23.2 Å². The lowest BCUT2D eigenvalue weighted by molar-refractivity contribution is -0.681. The number of ether oxygens (including phenoxy) is 2. The van der Waals surface area contributed by atoms with Gasteiger partial charge in [-0.15, -0.1) is 0 Å². The van der Waals surface area contributed by atoms with Crippen molar-refractivity contribution in [2.24, 2.45) is 23.2 Å². The molecule has 0 aliphatic heterocycles. The van der Waals surface area contributed by atoms with Crippen molar-refractivity contribution in [3.8, 4) is 5.75 Å². The van der Waals surface area contributed by atoms with Gasteiger partial charge in [-0.2, -0.15) is 0 Å². The van der Waals surface area contributed by atoms with Crippen LogP contribution in [-0.4, -0.2) is 19.2 Å². The summed E-state index contributed by atoms with van der Waals surface area (Å²) >= 11 is 0. The molecule has 0 heterocycles. The SMILES string of the molecule is O=C(OCCOc1ccc([NH+](c2ccccc2)c2ccccc2)cc1)C12CC3CC(CC(C3)C1)C2. The number of carbonyl (C=O) groups is 1. The molecule has 0 unspecified atom stereocenters. The largest absolute Gasteiger partial charge is 0.490 e. The Morgan fingerprint density at radius 3 is 1.69 bits per heavy atom. The normalized spacial score (nSPS) is 26.6. The third-order valence-electron chi connectivity index (χ3n) is 8.32. The van der Waals surface area contributed by atoms with Crippen LogP contribution in [0.1, 0.15) is 38.5 Å². The van der Waals surface area contributed by atoms with Crippen molar-refractivity contribution in [3.63, 3.8) is 0 Å². The van der Waals surface area contributed by atoms with Gasteiger partial charge in [0.2, 0.25) is 0 Å². The van der Waals surface area contributed by atoms with E-state index in [-0.39, 0.29) is 11.4 Å². The van der Waals surface area contributed by atoms with Gasteiger partial charge in [-0.3, -0.25) is 4.79 Å². The number of benzene rings is 3. The average Bonchev–Trinajstić information content (AvgIpc) is 2.88. The van der Waals surface area contributed by atoms with E-state index in [9.17, 15) is 4.79 Å². The van der Waals surface area contributed by atoms with E-state index in [1.54, 1.807) is 0 Å². The fraction of sp³-hybridized carbons (Fsp3) is 0.387. The van der Waals surface area contributed by atoms with Crippen molar-refractivity contribution < 1.29 is 19.2 Å². The Morgan fingerprint density at radius 1 is 0.686 bits per heavy atom. The van der Waals surface area contributed by atoms with E-state index in [2.05, 4.69) is 60.7 Å². The monoisotopic (exact) mass is 468 g/mol. The Balaban J connectivity index is 1.06. The van der Waals surface area contributed by atoms with E-state index < -0.39 is 0 Å². The summed E-state index contributed by atoms with van der Waals surface area (Å²) in [5, 5.41) is 0. The van der Waals surface area contributed by atoms with Crippen molar-refractivity contribution in [1.82, 2.24) is 0 Å². The molecule has 7 rings (SSSR count). The van der Waals surface area contributed by atoms with Crippen molar-refractivity contribution in [2.45, 2.75) is 38.5 Å². The van der Waals surface area contributed by atoms with E-state index in [1.807, 2.05) is 24.3 Å². The predicted octanol–water partition coefficient (Wildman–Crippen LogP) is 6.00. The lowest BCUT2D eigenvalue weighted by Gasteiger charge is -2.55. The highest BCUT2D eigenvalue weighted by Gasteiger charge is 2.55. The first-order valence-electron chi connectivity index (χ1n) is 13.1. The van der Waals surface area contributed by atoms with E-state index >= 15 is 0 Å². The summed E-state index contributed by atoms with van der Waals surface area (Å²) in [4.78, 5) is 14.2. The number of carbonyl (C=O) groups excluding carboxylic acids is 1. The van der Waals surface area contributed by atoms with Gasteiger partial charge >= 0.3 is 5.97 Å². The van der Waals surface area contributed by atoms with Gasteiger partial charge in [-0.1, -0.05) is 36.4 Å². The zero-order valence-electron chi connectivity index (χ0n) is 20.2.